The second-order valence-corrected chi connectivity index (χ2v) is 8.94. The number of fused-ring (bicyclic) bond motifs is 1. The fourth-order valence-corrected chi connectivity index (χ4v) is 4.78. The molecule has 2 amide bonds. The van der Waals surface area contributed by atoms with Crippen molar-refractivity contribution >= 4 is 34.0 Å². The van der Waals surface area contributed by atoms with Gasteiger partial charge in [0.15, 0.2) is 6.04 Å². The molecule has 0 spiro atoms. The Morgan fingerprint density at radius 1 is 0.853 bits per heavy atom. The number of carbonyl (C=O) groups is 2. The molecule has 4 aromatic carbocycles. The van der Waals surface area contributed by atoms with Crippen LogP contribution in [0.5, 0.6) is 0 Å². The Kier molecular flexibility index (Phi) is 6.11. The van der Waals surface area contributed by atoms with E-state index < -0.39 is 0 Å². The van der Waals surface area contributed by atoms with Crippen molar-refractivity contribution in [1.82, 2.24) is 0 Å². The second-order valence-electron chi connectivity index (χ2n) is 8.94. The van der Waals surface area contributed by atoms with E-state index in [2.05, 4.69) is 23.5 Å². The average Bonchev–Trinajstić information content (AvgIpc) is 3.35. The molecule has 1 aliphatic rings. The lowest BCUT2D eigenvalue weighted by atomic mass is 10.0. The summed E-state index contributed by atoms with van der Waals surface area (Å²) in [4.78, 5) is 26.6. The summed E-state index contributed by atoms with van der Waals surface area (Å²) in [5, 5.41) is 5.26. The zero-order valence-corrected chi connectivity index (χ0v) is 19.0. The van der Waals surface area contributed by atoms with E-state index in [4.69, 9.17) is 5.73 Å². The maximum Gasteiger partial charge on any atom is 0.317 e. The lowest BCUT2D eigenvalue weighted by Gasteiger charge is -2.19. The van der Waals surface area contributed by atoms with E-state index in [9.17, 15) is 9.59 Å². The van der Waals surface area contributed by atoms with Crippen molar-refractivity contribution in [2.75, 3.05) is 17.6 Å². The van der Waals surface area contributed by atoms with E-state index in [1.54, 1.807) is 0 Å². The first kappa shape index (κ1) is 21.9. The number of benzene rings is 4. The molecule has 1 heterocycles. The molecule has 4 N–H and O–H groups in total. The lowest BCUT2D eigenvalue weighted by molar-refractivity contribution is -0.823. The lowest BCUT2D eigenvalue weighted by Crippen LogP contribution is -3.17. The Morgan fingerprint density at radius 2 is 1.56 bits per heavy atom. The van der Waals surface area contributed by atoms with Crippen LogP contribution in [-0.2, 0) is 16.0 Å². The Labute approximate surface area is 199 Å². The van der Waals surface area contributed by atoms with E-state index in [1.807, 2.05) is 72.8 Å². The minimum atomic E-state index is -0.344. The summed E-state index contributed by atoms with van der Waals surface area (Å²) in [6, 6.07) is 29.4. The summed E-state index contributed by atoms with van der Waals surface area (Å²) in [6.45, 7) is 0.705. The summed E-state index contributed by atoms with van der Waals surface area (Å²) < 4.78 is 0. The highest BCUT2D eigenvalue weighted by atomic mass is 16.2. The van der Waals surface area contributed by atoms with Crippen LogP contribution in [0.2, 0.25) is 0 Å². The SMILES string of the molecule is Nc1ccc2cc(-c3ccc(NC(=O)[C@@H]4CCC[NH+]4C(=O)Cc4ccccc4)cc3)ccc2c1. The molecule has 0 aliphatic carbocycles. The number of nitrogen functional groups attached to an aromatic ring is 1. The van der Waals surface area contributed by atoms with Crippen molar-refractivity contribution in [2.45, 2.75) is 25.3 Å². The molecule has 5 heteroatoms. The van der Waals surface area contributed by atoms with Crippen LogP contribution in [0.3, 0.4) is 0 Å². The minimum Gasteiger partial charge on any atom is -0.399 e. The summed E-state index contributed by atoms with van der Waals surface area (Å²) in [5.41, 5.74) is 10.5. The maximum absolute atomic E-state index is 13.0. The highest BCUT2D eigenvalue weighted by molar-refractivity contribution is 5.95. The van der Waals surface area contributed by atoms with Gasteiger partial charge in [0.2, 0.25) is 0 Å². The number of hydrogen-bond acceptors (Lipinski definition) is 3. The molecule has 1 saturated heterocycles. The highest BCUT2D eigenvalue weighted by Crippen LogP contribution is 2.27. The fraction of sp³-hybridized carbons (Fsp3) is 0.172. The molecule has 1 aliphatic heterocycles. The number of amides is 2. The second kappa shape index (κ2) is 9.49. The van der Waals surface area contributed by atoms with Gasteiger partial charge < -0.3 is 11.1 Å². The van der Waals surface area contributed by atoms with Gasteiger partial charge in [0.05, 0.1) is 13.0 Å². The third-order valence-electron chi connectivity index (χ3n) is 6.59. The van der Waals surface area contributed by atoms with Crippen molar-refractivity contribution in [3.05, 3.63) is 96.6 Å². The molecule has 0 saturated carbocycles. The molecule has 2 atom stereocenters. The maximum atomic E-state index is 13.0. The zero-order chi connectivity index (χ0) is 23.5. The van der Waals surface area contributed by atoms with Crippen molar-refractivity contribution in [3.63, 3.8) is 0 Å². The van der Waals surface area contributed by atoms with Crippen LogP contribution in [0.1, 0.15) is 18.4 Å². The number of rotatable bonds is 5. The third-order valence-corrected chi connectivity index (χ3v) is 6.59. The molecule has 0 radical (unpaired) electrons. The van der Waals surface area contributed by atoms with E-state index >= 15 is 0 Å². The number of quaternary nitrogens is 1. The van der Waals surface area contributed by atoms with E-state index in [0.717, 1.165) is 56.6 Å². The van der Waals surface area contributed by atoms with Gasteiger partial charge in [-0.05, 0) is 57.8 Å². The van der Waals surface area contributed by atoms with Gasteiger partial charge in [0, 0.05) is 24.2 Å². The Hall–Kier alpha value is -3.96. The van der Waals surface area contributed by atoms with Crippen LogP contribution in [0.15, 0.2) is 91.0 Å². The summed E-state index contributed by atoms with van der Waals surface area (Å²) in [6.07, 6.45) is 1.95. The van der Waals surface area contributed by atoms with Crippen LogP contribution in [0, 0.1) is 0 Å². The van der Waals surface area contributed by atoms with Gasteiger partial charge in [-0.15, -0.1) is 0 Å². The number of hydrogen-bond donors (Lipinski definition) is 3. The average molecular weight is 451 g/mol. The predicted octanol–water partition coefficient (Wildman–Crippen LogP) is 3.84. The summed E-state index contributed by atoms with van der Waals surface area (Å²) in [5.74, 6) is -0.0118. The van der Waals surface area contributed by atoms with Gasteiger partial charge in [-0.25, -0.2) is 4.79 Å². The van der Waals surface area contributed by atoms with E-state index in [1.165, 1.54) is 0 Å². The normalized spacial score (nSPS) is 17.5. The first-order valence-electron chi connectivity index (χ1n) is 11.7. The van der Waals surface area contributed by atoms with Gasteiger partial charge in [0.25, 0.3) is 5.91 Å². The molecular formula is C29H28N3O2+. The van der Waals surface area contributed by atoms with Crippen LogP contribution in [0.4, 0.5) is 11.4 Å². The number of nitrogens with one attached hydrogen (secondary N) is 2. The van der Waals surface area contributed by atoms with Gasteiger partial charge in [-0.3, -0.25) is 9.69 Å². The Bertz CT molecular complexity index is 1330. The number of carbonyl (C=O) groups excluding carboxylic acids is 2. The topological polar surface area (TPSA) is 76.6 Å². The van der Waals surface area contributed by atoms with Gasteiger partial charge >= 0.3 is 5.91 Å². The Morgan fingerprint density at radius 3 is 2.35 bits per heavy atom. The zero-order valence-electron chi connectivity index (χ0n) is 19.0. The van der Waals surface area contributed by atoms with E-state index in [-0.39, 0.29) is 17.9 Å². The number of likely N-dealkylation sites (tertiary alicyclic amines) is 1. The van der Waals surface area contributed by atoms with Crippen LogP contribution in [-0.4, -0.2) is 24.4 Å². The van der Waals surface area contributed by atoms with Gasteiger partial charge in [-0.2, -0.15) is 0 Å². The molecule has 5 rings (SSSR count). The largest absolute Gasteiger partial charge is 0.399 e. The molecule has 5 nitrogen and oxygen atoms in total. The molecule has 170 valence electrons. The van der Waals surface area contributed by atoms with Crippen LogP contribution >= 0.6 is 0 Å². The van der Waals surface area contributed by atoms with Crippen molar-refractivity contribution in [3.8, 4) is 11.1 Å². The third kappa shape index (κ3) is 4.70. The molecule has 1 fully saturated rings. The van der Waals surface area contributed by atoms with Gasteiger partial charge in [-0.1, -0.05) is 60.7 Å². The Balaban J connectivity index is 1.26. The summed E-state index contributed by atoms with van der Waals surface area (Å²) in [7, 11) is 0. The highest BCUT2D eigenvalue weighted by Gasteiger charge is 2.39. The van der Waals surface area contributed by atoms with Crippen LogP contribution in [0.25, 0.3) is 21.9 Å². The molecule has 1 unspecified atom stereocenters. The van der Waals surface area contributed by atoms with Crippen molar-refractivity contribution in [2.24, 2.45) is 0 Å². The fourth-order valence-electron chi connectivity index (χ4n) is 4.78. The number of nitrogens with two attached hydrogens (primary N) is 1. The molecular weight excluding hydrogens is 422 g/mol. The number of anilines is 2. The van der Waals surface area contributed by atoms with Crippen molar-refractivity contribution in [1.29, 1.82) is 0 Å². The molecule has 0 bridgehead atoms. The van der Waals surface area contributed by atoms with E-state index in [0.29, 0.717) is 13.0 Å². The molecule has 0 aromatic heterocycles. The molecule has 34 heavy (non-hydrogen) atoms. The molecule has 4 aromatic rings. The van der Waals surface area contributed by atoms with Crippen molar-refractivity contribution < 1.29 is 14.5 Å². The predicted molar refractivity (Wildman–Crippen MR) is 136 cm³/mol. The smallest absolute Gasteiger partial charge is 0.317 e. The van der Waals surface area contributed by atoms with Crippen LogP contribution < -0.4 is 16.0 Å². The standard InChI is InChI=1S/C29H27N3O2/c30-25-13-10-23-18-22(8-9-24(23)19-25)21-11-14-26(15-12-21)31-29(34)27-7-4-16-32(27)28(33)17-20-5-2-1-3-6-20/h1-3,5-6,8-15,18-19,27H,4,7,16-17,30H2,(H,31,34)/p+1/t27-/m0/s1. The monoisotopic (exact) mass is 450 g/mol. The first-order chi connectivity index (χ1) is 16.6. The first-order valence-corrected chi connectivity index (χ1v) is 11.7. The summed E-state index contributed by atoms with van der Waals surface area (Å²) >= 11 is 0. The minimum absolute atomic E-state index is 0.0808. The quantitative estimate of drug-likeness (QED) is 0.404. The van der Waals surface area contributed by atoms with Gasteiger partial charge in [0.1, 0.15) is 0 Å².